The molecule has 0 saturated carbocycles. The highest BCUT2D eigenvalue weighted by Gasteiger charge is 2.17. The fraction of sp³-hybridized carbons (Fsp3) is 0.250. The number of nitrogens with one attached hydrogen (secondary N) is 1. The van der Waals surface area contributed by atoms with Crippen molar-refractivity contribution in [3.8, 4) is 11.5 Å². The molecule has 130 valence electrons. The summed E-state index contributed by atoms with van der Waals surface area (Å²) in [5.74, 6) is 1.59. The van der Waals surface area contributed by atoms with Crippen LogP contribution in [-0.4, -0.2) is 26.2 Å². The topological polar surface area (TPSA) is 60.7 Å². The van der Waals surface area contributed by atoms with Crippen molar-refractivity contribution in [2.45, 2.75) is 13.8 Å². The van der Waals surface area contributed by atoms with Crippen molar-refractivity contribution in [1.82, 2.24) is 5.32 Å². The van der Waals surface area contributed by atoms with Crippen molar-refractivity contribution in [2.75, 3.05) is 20.3 Å². The Balaban J connectivity index is 1.61. The van der Waals surface area contributed by atoms with Crippen molar-refractivity contribution in [3.05, 3.63) is 59.4 Å². The monoisotopic (exact) mass is 339 g/mol. The number of aryl methyl sites for hydroxylation is 2. The van der Waals surface area contributed by atoms with Gasteiger partial charge in [0.05, 0.1) is 13.7 Å². The molecule has 1 amide bonds. The SMILES string of the molecule is COc1ccc2oc(C(=O)NCCOc3cccc(C)c3)c(C)c2c1. The Labute approximate surface area is 146 Å². The molecule has 1 N–H and O–H groups in total. The second kappa shape index (κ2) is 7.30. The Morgan fingerprint density at radius 2 is 1.96 bits per heavy atom. The number of methoxy groups -OCH3 is 1. The van der Waals surface area contributed by atoms with E-state index in [0.29, 0.717) is 24.5 Å². The van der Waals surface area contributed by atoms with Gasteiger partial charge < -0.3 is 19.2 Å². The summed E-state index contributed by atoms with van der Waals surface area (Å²) in [5.41, 5.74) is 2.60. The summed E-state index contributed by atoms with van der Waals surface area (Å²) < 4.78 is 16.5. The van der Waals surface area contributed by atoms with Crippen LogP contribution < -0.4 is 14.8 Å². The van der Waals surface area contributed by atoms with Crippen LogP contribution in [0.5, 0.6) is 11.5 Å². The van der Waals surface area contributed by atoms with E-state index in [1.54, 1.807) is 13.2 Å². The molecule has 0 spiro atoms. The Bertz CT molecular complexity index is 898. The van der Waals surface area contributed by atoms with Gasteiger partial charge in [0.1, 0.15) is 23.7 Å². The maximum Gasteiger partial charge on any atom is 0.287 e. The van der Waals surface area contributed by atoms with E-state index < -0.39 is 0 Å². The van der Waals surface area contributed by atoms with E-state index in [0.717, 1.165) is 28.0 Å². The fourth-order valence-corrected chi connectivity index (χ4v) is 2.66. The normalized spacial score (nSPS) is 10.7. The first-order chi connectivity index (χ1) is 12.1. The lowest BCUT2D eigenvalue weighted by atomic mass is 10.1. The van der Waals surface area contributed by atoms with Gasteiger partial charge in [-0.2, -0.15) is 0 Å². The number of carbonyl (C=O) groups excluding carboxylic acids is 1. The van der Waals surface area contributed by atoms with Crippen LogP contribution in [-0.2, 0) is 0 Å². The summed E-state index contributed by atoms with van der Waals surface area (Å²) in [6.45, 7) is 4.66. The Hall–Kier alpha value is -2.95. The number of rotatable bonds is 6. The standard InChI is InChI=1S/C20H21NO4/c1-13-5-4-6-16(11-13)24-10-9-21-20(22)19-14(2)17-12-15(23-3)7-8-18(17)25-19/h4-8,11-12H,9-10H2,1-3H3,(H,21,22). The van der Waals surface area contributed by atoms with E-state index in [1.807, 2.05) is 50.2 Å². The van der Waals surface area contributed by atoms with Crippen LogP contribution in [0.4, 0.5) is 0 Å². The summed E-state index contributed by atoms with van der Waals surface area (Å²) >= 11 is 0. The number of ether oxygens (including phenoxy) is 2. The molecule has 0 atom stereocenters. The first-order valence-corrected chi connectivity index (χ1v) is 8.13. The van der Waals surface area contributed by atoms with Gasteiger partial charge in [-0.3, -0.25) is 4.79 Å². The van der Waals surface area contributed by atoms with Crippen molar-refractivity contribution in [3.63, 3.8) is 0 Å². The molecule has 25 heavy (non-hydrogen) atoms. The summed E-state index contributed by atoms with van der Waals surface area (Å²) in [4.78, 5) is 12.4. The van der Waals surface area contributed by atoms with Crippen LogP contribution in [0, 0.1) is 13.8 Å². The van der Waals surface area contributed by atoms with E-state index >= 15 is 0 Å². The molecule has 0 fully saturated rings. The molecule has 0 saturated heterocycles. The second-order valence-electron chi connectivity index (χ2n) is 5.84. The van der Waals surface area contributed by atoms with Crippen LogP contribution in [0.1, 0.15) is 21.7 Å². The third kappa shape index (κ3) is 3.76. The Kier molecular flexibility index (Phi) is 4.93. The van der Waals surface area contributed by atoms with Gasteiger partial charge in [0, 0.05) is 10.9 Å². The highest BCUT2D eigenvalue weighted by atomic mass is 16.5. The van der Waals surface area contributed by atoms with Crippen LogP contribution in [0.15, 0.2) is 46.9 Å². The van der Waals surface area contributed by atoms with Gasteiger partial charge in [-0.25, -0.2) is 0 Å². The van der Waals surface area contributed by atoms with Crippen molar-refractivity contribution in [1.29, 1.82) is 0 Å². The van der Waals surface area contributed by atoms with Crippen LogP contribution >= 0.6 is 0 Å². The van der Waals surface area contributed by atoms with Crippen molar-refractivity contribution < 1.29 is 18.7 Å². The quantitative estimate of drug-likeness (QED) is 0.693. The molecule has 1 aromatic heterocycles. The zero-order valence-corrected chi connectivity index (χ0v) is 14.6. The summed E-state index contributed by atoms with van der Waals surface area (Å²) in [5, 5.41) is 3.70. The molecule has 2 aromatic carbocycles. The van der Waals surface area contributed by atoms with Gasteiger partial charge in [0.15, 0.2) is 5.76 Å². The largest absolute Gasteiger partial charge is 0.497 e. The van der Waals surface area contributed by atoms with Gasteiger partial charge >= 0.3 is 0 Å². The highest BCUT2D eigenvalue weighted by Crippen LogP contribution is 2.28. The van der Waals surface area contributed by atoms with E-state index in [2.05, 4.69) is 5.32 Å². The second-order valence-corrected chi connectivity index (χ2v) is 5.84. The van der Waals surface area contributed by atoms with Gasteiger partial charge in [0.2, 0.25) is 0 Å². The molecular formula is C20H21NO4. The zero-order valence-electron chi connectivity index (χ0n) is 14.6. The summed E-state index contributed by atoms with van der Waals surface area (Å²) in [7, 11) is 1.61. The van der Waals surface area contributed by atoms with E-state index in [4.69, 9.17) is 13.9 Å². The molecule has 0 unspecified atom stereocenters. The van der Waals surface area contributed by atoms with Crippen molar-refractivity contribution >= 4 is 16.9 Å². The minimum atomic E-state index is -0.250. The number of fused-ring (bicyclic) bond motifs is 1. The first kappa shape index (κ1) is 16.9. The molecule has 0 bridgehead atoms. The number of hydrogen-bond donors (Lipinski definition) is 1. The molecule has 1 heterocycles. The zero-order chi connectivity index (χ0) is 17.8. The average Bonchev–Trinajstić information content (AvgIpc) is 2.95. The Morgan fingerprint density at radius 3 is 2.72 bits per heavy atom. The molecule has 0 radical (unpaired) electrons. The number of carbonyl (C=O) groups is 1. The van der Waals surface area contributed by atoms with Crippen molar-refractivity contribution in [2.24, 2.45) is 0 Å². The minimum Gasteiger partial charge on any atom is -0.497 e. The van der Waals surface area contributed by atoms with Gasteiger partial charge in [-0.05, 0) is 49.7 Å². The highest BCUT2D eigenvalue weighted by molar-refractivity contribution is 5.99. The lowest BCUT2D eigenvalue weighted by molar-refractivity contribution is 0.0920. The molecule has 0 aliphatic rings. The van der Waals surface area contributed by atoms with E-state index in [-0.39, 0.29) is 5.91 Å². The molecule has 0 aliphatic heterocycles. The molecule has 5 nitrogen and oxygen atoms in total. The molecule has 0 aliphatic carbocycles. The smallest absolute Gasteiger partial charge is 0.287 e. The lowest BCUT2D eigenvalue weighted by Gasteiger charge is -2.07. The summed E-state index contributed by atoms with van der Waals surface area (Å²) in [6, 6.07) is 13.3. The Morgan fingerprint density at radius 1 is 1.12 bits per heavy atom. The third-order valence-corrected chi connectivity index (χ3v) is 4.00. The lowest BCUT2D eigenvalue weighted by Crippen LogP contribution is -2.28. The molecular weight excluding hydrogens is 318 g/mol. The van der Waals surface area contributed by atoms with Gasteiger partial charge in [0.25, 0.3) is 5.91 Å². The molecule has 5 heteroatoms. The van der Waals surface area contributed by atoms with Gasteiger partial charge in [-0.15, -0.1) is 0 Å². The van der Waals surface area contributed by atoms with Crippen LogP contribution in [0.2, 0.25) is 0 Å². The maximum absolute atomic E-state index is 12.4. The predicted molar refractivity (Wildman–Crippen MR) is 96.5 cm³/mol. The third-order valence-electron chi connectivity index (χ3n) is 4.00. The minimum absolute atomic E-state index is 0.250. The number of hydrogen-bond acceptors (Lipinski definition) is 4. The molecule has 3 rings (SSSR count). The average molecular weight is 339 g/mol. The van der Waals surface area contributed by atoms with Crippen LogP contribution in [0.25, 0.3) is 11.0 Å². The number of furan rings is 1. The fourth-order valence-electron chi connectivity index (χ4n) is 2.66. The maximum atomic E-state index is 12.4. The predicted octanol–water partition coefficient (Wildman–Crippen LogP) is 3.87. The number of benzene rings is 2. The van der Waals surface area contributed by atoms with E-state index in [1.165, 1.54) is 0 Å². The van der Waals surface area contributed by atoms with Crippen LogP contribution in [0.3, 0.4) is 0 Å². The number of amides is 1. The molecule has 3 aromatic rings. The van der Waals surface area contributed by atoms with E-state index in [9.17, 15) is 4.79 Å². The first-order valence-electron chi connectivity index (χ1n) is 8.13. The van der Waals surface area contributed by atoms with Gasteiger partial charge in [-0.1, -0.05) is 12.1 Å². The summed E-state index contributed by atoms with van der Waals surface area (Å²) in [6.07, 6.45) is 0.